The molecule has 1 aliphatic heterocycles. The average Bonchev–Trinajstić information content (AvgIpc) is 1.96. The number of carbonyl (C=O) groups is 2. The Balaban J connectivity index is 2.67. The Hall–Kier alpha value is -1.39. The van der Waals surface area contributed by atoms with E-state index in [1.165, 1.54) is 0 Å². The molecule has 5 heteroatoms. The Bertz CT molecular complexity index is 217. The lowest BCUT2D eigenvalue weighted by Crippen LogP contribution is -2.52. The first kappa shape index (κ1) is 8.70. The predicted octanol–water partition coefficient (Wildman–Crippen LogP) is 0.316. The number of carbonyl (C=O) groups excluding carboxylic acids is 2. The maximum atomic E-state index is 11.1. The van der Waals surface area contributed by atoms with E-state index in [2.05, 4.69) is 5.32 Å². The second kappa shape index (κ2) is 3.34. The summed E-state index contributed by atoms with van der Waals surface area (Å²) in [7, 11) is 0. The van der Waals surface area contributed by atoms with Crippen molar-refractivity contribution >= 4 is 17.8 Å². The number of hydrogen-bond donors (Lipinski definition) is 2. The van der Waals surface area contributed by atoms with Gasteiger partial charge in [-0.2, -0.15) is 0 Å². The van der Waals surface area contributed by atoms with Crippen molar-refractivity contribution in [2.24, 2.45) is 0 Å². The third-order valence-corrected chi connectivity index (χ3v) is 1.58. The molecule has 1 rings (SSSR count). The van der Waals surface area contributed by atoms with E-state index in [0.717, 1.165) is 11.3 Å². The molecule has 0 aromatic carbocycles. The molecule has 0 unspecified atom stereocenters. The quantitative estimate of drug-likeness (QED) is 0.624. The highest BCUT2D eigenvalue weighted by molar-refractivity contribution is 6.14. The third kappa shape index (κ3) is 1.61. The van der Waals surface area contributed by atoms with E-state index in [1.54, 1.807) is 0 Å². The third-order valence-electron chi connectivity index (χ3n) is 1.58. The van der Waals surface area contributed by atoms with E-state index in [1.807, 2.05) is 6.92 Å². The molecule has 0 bridgehead atoms. The zero-order chi connectivity index (χ0) is 9.14. The number of imide groups is 1. The van der Waals surface area contributed by atoms with Crippen LogP contribution in [-0.2, 0) is 4.79 Å². The zero-order valence-electron chi connectivity index (χ0n) is 6.89. The highest BCUT2D eigenvalue weighted by Crippen LogP contribution is 2.03. The summed E-state index contributed by atoms with van der Waals surface area (Å²) in [4.78, 5) is 23.3. The Morgan fingerprint density at radius 3 is 2.75 bits per heavy atom. The van der Waals surface area contributed by atoms with Gasteiger partial charge in [-0.3, -0.25) is 20.4 Å². The van der Waals surface area contributed by atoms with Crippen molar-refractivity contribution in [1.29, 1.82) is 5.41 Å². The van der Waals surface area contributed by atoms with Gasteiger partial charge in [-0.1, -0.05) is 6.92 Å². The number of amides is 3. The van der Waals surface area contributed by atoms with Gasteiger partial charge in [-0.25, -0.2) is 4.79 Å². The number of rotatable bonds is 2. The Kier molecular flexibility index (Phi) is 2.42. The molecule has 5 nitrogen and oxygen atoms in total. The minimum atomic E-state index is -0.474. The van der Waals surface area contributed by atoms with E-state index < -0.39 is 6.03 Å². The summed E-state index contributed by atoms with van der Waals surface area (Å²) in [6.07, 6.45) is 0.748. The van der Waals surface area contributed by atoms with Crippen LogP contribution in [0.1, 0.15) is 19.8 Å². The molecule has 0 radical (unpaired) electrons. The first-order valence-electron chi connectivity index (χ1n) is 3.84. The van der Waals surface area contributed by atoms with Crippen LogP contribution < -0.4 is 5.32 Å². The van der Waals surface area contributed by atoms with Gasteiger partial charge in [0.15, 0.2) is 0 Å². The monoisotopic (exact) mass is 169 g/mol. The molecular weight excluding hydrogens is 158 g/mol. The van der Waals surface area contributed by atoms with Crippen LogP contribution in [0, 0.1) is 5.41 Å². The topological polar surface area (TPSA) is 73.3 Å². The van der Waals surface area contributed by atoms with Gasteiger partial charge in [-0.05, 0) is 6.42 Å². The number of urea groups is 1. The fourth-order valence-corrected chi connectivity index (χ4v) is 1.05. The van der Waals surface area contributed by atoms with Crippen molar-refractivity contribution in [3.8, 4) is 0 Å². The van der Waals surface area contributed by atoms with Gasteiger partial charge in [0.2, 0.25) is 5.91 Å². The van der Waals surface area contributed by atoms with Gasteiger partial charge in [0.1, 0.15) is 5.84 Å². The molecule has 0 spiro atoms. The molecule has 0 aromatic rings. The van der Waals surface area contributed by atoms with Crippen molar-refractivity contribution in [2.75, 3.05) is 6.54 Å². The minimum Gasteiger partial charge on any atom is -0.295 e. The number of hydrogen-bond acceptors (Lipinski definition) is 3. The molecule has 1 fully saturated rings. The smallest absolute Gasteiger partial charge is 0.295 e. The lowest BCUT2D eigenvalue weighted by atomic mass is 10.2. The molecule has 1 heterocycles. The fourth-order valence-electron chi connectivity index (χ4n) is 1.05. The molecule has 0 aromatic heterocycles. The minimum absolute atomic E-state index is 0.00569. The first-order valence-corrected chi connectivity index (χ1v) is 3.84. The zero-order valence-corrected chi connectivity index (χ0v) is 6.89. The molecule has 66 valence electrons. The molecule has 0 aliphatic carbocycles. The van der Waals surface area contributed by atoms with Crippen LogP contribution >= 0.6 is 0 Å². The van der Waals surface area contributed by atoms with Gasteiger partial charge >= 0.3 is 6.03 Å². The largest absolute Gasteiger partial charge is 0.329 e. The summed E-state index contributed by atoms with van der Waals surface area (Å²) in [5.41, 5.74) is 0. The summed E-state index contributed by atoms with van der Waals surface area (Å²) in [6.45, 7) is 2.32. The van der Waals surface area contributed by atoms with Crippen molar-refractivity contribution in [1.82, 2.24) is 10.2 Å². The normalized spacial score (nSPS) is 18.1. The standard InChI is InChI=1S/C7H11N3O2/c1-2-3-10-6(11)4-5(8)9-7(10)12/h2-4H2,1H3,(H2,8,9,12). The van der Waals surface area contributed by atoms with Crippen LogP contribution in [0.2, 0.25) is 0 Å². The maximum Gasteiger partial charge on any atom is 0.329 e. The highest BCUT2D eigenvalue weighted by atomic mass is 16.2. The highest BCUT2D eigenvalue weighted by Gasteiger charge is 2.27. The molecule has 3 amide bonds. The van der Waals surface area contributed by atoms with Crippen LogP contribution in [0.4, 0.5) is 4.79 Å². The summed E-state index contributed by atoms with van der Waals surface area (Å²) >= 11 is 0. The summed E-state index contributed by atoms with van der Waals surface area (Å²) < 4.78 is 0. The number of amidine groups is 1. The number of nitrogens with zero attached hydrogens (tertiary/aromatic N) is 1. The van der Waals surface area contributed by atoms with Gasteiger partial charge in [0.05, 0.1) is 6.42 Å². The predicted molar refractivity (Wildman–Crippen MR) is 42.9 cm³/mol. The lowest BCUT2D eigenvalue weighted by Gasteiger charge is -2.25. The fraction of sp³-hybridized carbons (Fsp3) is 0.571. The van der Waals surface area contributed by atoms with Gasteiger partial charge in [0.25, 0.3) is 0 Å². The van der Waals surface area contributed by atoms with Gasteiger partial charge in [0, 0.05) is 6.54 Å². The van der Waals surface area contributed by atoms with E-state index in [0.29, 0.717) is 6.54 Å². The Labute approximate surface area is 70.2 Å². The molecule has 0 atom stereocenters. The van der Waals surface area contributed by atoms with E-state index >= 15 is 0 Å². The second-order valence-electron chi connectivity index (χ2n) is 2.63. The van der Waals surface area contributed by atoms with Crippen LogP contribution in [-0.4, -0.2) is 29.2 Å². The van der Waals surface area contributed by atoms with Gasteiger partial charge in [-0.15, -0.1) is 0 Å². The average molecular weight is 169 g/mol. The van der Waals surface area contributed by atoms with Crippen LogP contribution in [0.15, 0.2) is 0 Å². The summed E-state index contributed by atoms with van der Waals surface area (Å²) in [5.74, 6) is -0.303. The van der Waals surface area contributed by atoms with E-state index in [9.17, 15) is 9.59 Å². The molecule has 1 saturated heterocycles. The van der Waals surface area contributed by atoms with Crippen molar-refractivity contribution in [3.05, 3.63) is 0 Å². The number of nitrogens with one attached hydrogen (secondary N) is 2. The Morgan fingerprint density at radius 1 is 1.58 bits per heavy atom. The molecule has 1 aliphatic rings. The van der Waals surface area contributed by atoms with E-state index in [-0.39, 0.29) is 18.2 Å². The van der Waals surface area contributed by atoms with Crippen LogP contribution in [0.3, 0.4) is 0 Å². The molecular formula is C7H11N3O2. The first-order chi connectivity index (χ1) is 5.65. The summed E-state index contributed by atoms with van der Waals surface area (Å²) in [5, 5.41) is 9.39. The summed E-state index contributed by atoms with van der Waals surface area (Å²) in [6, 6.07) is -0.474. The van der Waals surface area contributed by atoms with Crippen LogP contribution in [0.5, 0.6) is 0 Å². The lowest BCUT2D eigenvalue weighted by molar-refractivity contribution is -0.127. The van der Waals surface area contributed by atoms with E-state index in [4.69, 9.17) is 5.41 Å². The van der Waals surface area contributed by atoms with Crippen molar-refractivity contribution in [3.63, 3.8) is 0 Å². The maximum absolute atomic E-state index is 11.1. The Morgan fingerprint density at radius 2 is 2.25 bits per heavy atom. The molecule has 0 saturated carbocycles. The van der Waals surface area contributed by atoms with Crippen LogP contribution in [0.25, 0.3) is 0 Å². The SMILES string of the molecule is CCCN1C(=O)CC(=N)NC1=O. The molecule has 2 N–H and O–H groups in total. The van der Waals surface area contributed by atoms with Gasteiger partial charge < -0.3 is 0 Å². The second-order valence-corrected chi connectivity index (χ2v) is 2.63. The van der Waals surface area contributed by atoms with Crippen molar-refractivity contribution < 1.29 is 9.59 Å². The molecule has 12 heavy (non-hydrogen) atoms. The van der Waals surface area contributed by atoms with Crippen molar-refractivity contribution in [2.45, 2.75) is 19.8 Å².